The lowest BCUT2D eigenvalue weighted by atomic mass is 10.2. The number of hydrogen-bond donors (Lipinski definition) is 2. The van der Waals surface area contributed by atoms with Gasteiger partial charge in [0.2, 0.25) is 11.0 Å². The Balaban J connectivity index is 2.02. The molecule has 3 N–H and O–H groups in total. The van der Waals surface area contributed by atoms with Gasteiger partial charge < -0.3 is 11.1 Å². The fraction of sp³-hybridized carbons (Fsp3) is 0.625. The predicted molar refractivity (Wildman–Crippen MR) is 57.2 cm³/mol. The Morgan fingerprint density at radius 1 is 1.67 bits per heavy atom. The number of aromatic nitrogens is 2. The third-order valence-corrected chi connectivity index (χ3v) is 3.18. The molecule has 2 heterocycles. The van der Waals surface area contributed by atoms with Gasteiger partial charge in [-0.1, -0.05) is 11.3 Å². The van der Waals surface area contributed by atoms with E-state index in [4.69, 9.17) is 5.73 Å². The first-order valence-corrected chi connectivity index (χ1v) is 5.58. The van der Waals surface area contributed by atoms with Crippen LogP contribution >= 0.6 is 11.3 Å². The molecule has 0 aromatic carbocycles. The molecule has 1 aliphatic heterocycles. The van der Waals surface area contributed by atoms with Crippen LogP contribution in [0.5, 0.6) is 0 Å². The molecule has 1 aromatic heterocycles. The van der Waals surface area contributed by atoms with Gasteiger partial charge >= 0.3 is 0 Å². The molecule has 15 heavy (non-hydrogen) atoms. The van der Waals surface area contributed by atoms with Gasteiger partial charge in [-0.2, -0.15) is 0 Å². The first kappa shape index (κ1) is 10.3. The van der Waals surface area contributed by atoms with Crippen molar-refractivity contribution in [3.63, 3.8) is 0 Å². The first-order chi connectivity index (χ1) is 7.16. The lowest BCUT2D eigenvalue weighted by molar-refractivity contribution is -0.128. The van der Waals surface area contributed by atoms with Crippen molar-refractivity contribution < 1.29 is 4.79 Å². The Morgan fingerprint density at radius 2 is 2.47 bits per heavy atom. The molecule has 1 aliphatic rings. The Kier molecular flexibility index (Phi) is 2.83. The summed E-state index contributed by atoms with van der Waals surface area (Å²) >= 11 is 1.37. The van der Waals surface area contributed by atoms with Crippen molar-refractivity contribution in [2.45, 2.75) is 19.5 Å². The fourth-order valence-electron chi connectivity index (χ4n) is 1.55. The average molecular weight is 227 g/mol. The van der Waals surface area contributed by atoms with Gasteiger partial charge in [0.25, 0.3) is 0 Å². The number of hydrogen-bond acceptors (Lipinski definition) is 6. The molecule has 1 unspecified atom stereocenters. The van der Waals surface area contributed by atoms with Crippen molar-refractivity contribution in [1.29, 1.82) is 0 Å². The normalized spacial score (nSPS) is 22.7. The van der Waals surface area contributed by atoms with Crippen LogP contribution in [-0.2, 0) is 11.3 Å². The van der Waals surface area contributed by atoms with Crippen molar-refractivity contribution in [2.24, 2.45) is 0 Å². The number of nitrogens with two attached hydrogens (primary N) is 1. The highest BCUT2D eigenvalue weighted by molar-refractivity contribution is 7.15. The van der Waals surface area contributed by atoms with Crippen LogP contribution in [0.1, 0.15) is 11.9 Å². The second kappa shape index (κ2) is 4.11. The van der Waals surface area contributed by atoms with Gasteiger partial charge in [-0.15, -0.1) is 10.2 Å². The maximum atomic E-state index is 11.4. The van der Waals surface area contributed by atoms with Gasteiger partial charge in [0.15, 0.2) is 0 Å². The Bertz CT molecular complexity index is 366. The van der Waals surface area contributed by atoms with Gasteiger partial charge in [0, 0.05) is 13.1 Å². The summed E-state index contributed by atoms with van der Waals surface area (Å²) in [5, 5.41) is 11.8. The minimum atomic E-state index is -0.108. The molecule has 1 saturated heterocycles. The lowest BCUT2D eigenvalue weighted by Gasteiger charge is -2.31. The highest BCUT2D eigenvalue weighted by atomic mass is 32.1. The standard InChI is InChI=1S/C8H13N5OS/c1-5-7(14)10-2-3-13(5)4-6-11-12-8(9)15-6/h5H,2-4H2,1H3,(H2,9,12)(H,10,14). The molecular formula is C8H13N5OS. The number of carbonyl (C=O) groups is 1. The van der Waals surface area contributed by atoms with Crippen LogP contribution < -0.4 is 11.1 Å². The summed E-state index contributed by atoms with van der Waals surface area (Å²) < 4.78 is 0. The van der Waals surface area contributed by atoms with Gasteiger partial charge in [-0.3, -0.25) is 9.69 Å². The Hall–Kier alpha value is -1.21. The van der Waals surface area contributed by atoms with Crippen LogP contribution in [0.4, 0.5) is 5.13 Å². The summed E-state index contributed by atoms with van der Waals surface area (Å²) in [7, 11) is 0. The summed E-state index contributed by atoms with van der Waals surface area (Å²) in [5.41, 5.74) is 5.49. The molecule has 2 rings (SSSR count). The highest BCUT2D eigenvalue weighted by Gasteiger charge is 2.25. The number of nitrogens with one attached hydrogen (secondary N) is 1. The number of rotatable bonds is 2. The number of nitrogens with zero attached hydrogens (tertiary/aromatic N) is 3. The van der Waals surface area contributed by atoms with E-state index < -0.39 is 0 Å². The zero-order valence-electron chi connectivity index (χ0n) is 8.43. The van der Waals surface area contributed by atoms with Crippen molar-refractivity contribution in [1.82, 2.24) is 20.4 Å². The maximum Gasteiger partial charge on any atom is 0.237 e. The summed E-state index contributed by atoms with van der Waals surface area (Å²) in [6, 6.07) is -0.108. The van der Waals surface area contributed by atoms with Crippen molar-refractivity contribution in [3.8, 4) is 0 Å². The van der Waals surface area contributed by atoms with E-state index in [0.29, 0.717) is 18.2 Å². The van der Waals surface area contributed by atoms with Gasteiger partial charge in [0.05, 0.1) is 12.6 Å². The van der Waals surface area contributed by atoms with Crippen LogP contribution in [0, 0.1) is 0 Å². The Morgan fingerprint density at radius 3 is 3.13 bits per heavy atom. The van der Waals surface area contributed by atoms with E-state index in [1.165, 1.54) is 11.3 Å². The zero-order valence-corrected chi connectivity index (χ0v) is 9.25. The van der Waals surface area contributed by atoms with E-state index in [9.17, 15) is 4.79 Å². The molecule has 0 spiro atoms. The fourth-order valence-corrected chi connectivity index (χ4v) is 2.19. The molecule has 1 atom stereocenters. The molecule has 82 valence electrons. The predicted octanol–water partition coefficient (Wildman–Crippen LogP) is -0.559. The van der Waals surface area contributed by atoms with E-state index in [0.717, 1.165) is 11.6 Å². The molecule has 1 aromatic rings. The van der Waals surface area contributed by atoms with E-state index >= 15 is 0 Å². The Labute approximate surface area is 91.5 Å². The number of nitrogen functional groups attached to an aromatic ring is 1. The number of carbonyl (C=O) groups excluding carboxylic acids is 1. The summed E-state index contributed by atoms with van der Waals surface area (Å²) in [4.78, 5) is 13.5. The molecule has 0 radical (unpaired) electrons. The lowest BCUT2D eigenvalue weighted by Crippen LogP contribution is -2.53. The van der Waals surface area contributed by atoms with Gasteiger partial charge in [-0.05, 0) is 6.92 Å². The first-order valence-electron chi connectivity index (χ1n) is 4.76. The molecule has 7 heteroatoms. The molecule has 1 amide bonds. The van der Waals surface area contributed by atoms with E-state index in [2.05, 4.69) is 20.4 Å². The quantitative estimate of drug-likeness (QED) is 0.707. The molecule has 1 fully saturated rings. The van der Waals surface area contributed by atoms with Crippen molar-refractivity contribution in [3.05, 3.63) is 5.01 Å². The summed E-state index contributed by atoms with van der Waals surface area (Å²) in [6.45, 7) is 4.06. The second-order valence-corrected chi connectivity index (χ2v) is 4.57. The molecule has 6 nitrogen and oxygen atoms in total. The SMILES string of the molecule is CC1C(=O)NCCN1Cc1nnc(N)s1. The number of anilines is 1. The van der Waals surface area contributed by atoms with E-state index in [1.807, 2.05) is 6.92 Å². The van der Waals surface area contributed by atoms with Crippen molar-refractivity contribution in [2.75, 3.05) is 18.8 Å². The maximum absolute atomic E-state index is 11.4. The summed E-state index contributed by atoms with van der Waals surface area (Å²) in [6.07, 6.45) is 0. The minimum absolute atomic E-state index is 0.0683. The van der Waals surface area contributed by atoms with E-state index in [-0.39, 0.29) is 11.9 Å². The second-order valence-electron chi connectivity index (χ2n) is 3.47. The number of piperazine rings is 1. The van der Waals surface area contributed by atoms with Gasteiger partial charge in [0.1, 0.15) is 5.01 Å². The third-order valence-electron chi connectivity index (χ3n) is 2.45. The summed E-state index contributed by atoms with van der Waals surface area (Å²) in [5.74, 6) is 0.0683. The van der Waals surface area contributed by atoms with Crippen LogP contribution in [0.2, 0.25) is 0 Å². The van der Waals surface area contributed by atoms with E-state index in [1.54, 1.807) is 0 Å². The average Bonchev–Trinajstić information content (AvgIpc) is 2.59. The molecule has 0 saturated carbocycles. The van der Waals surface area contributed by atoms with Crippen LogP contribution in [0.3, 0.4) is 0 Å². The minimum Gasteiger partial charge on any atom is -0.374 e. The third kappa shape index (κ3) is 2.24. The monoisotopic (exact) mass is 227 g/mol. The van der Waals surface area contributed by atoms with Crippen LogP contribution in [-0.4, -0.2) is 40.1 Å². The molecule has 0 bridgehead atoms. The largest absolute Gasteiger partial charge is 0.374 e. The van der Waals surface area contributed by atoms with Crippen molar-refractivity contribution >= 4 is 22.4 Å². The number of amides is 1. The van der Waals surface area contributed by atoms with Crippen LogP contribution in [0.25, 0.3) is 0 Å². The smallest absolute Gasteiger partial charge is 0.237 e. The topological polar surface area (TPSA) is 84.1 Å². The molecule has 0 aliphatic carbocycles. The highest BCUT2D eigenvalue weighted by Crippen LogP contribution is 2.15. The van der Waals surface area contributed by atoms with Crippen LogP contribution in [0.15, 0.2) is 0 Å². The zero-order chi connectivity index (χ0) is 10.8. The van der Waals surface area contributed by atoms with Gasteiger partial charge in [-0.25, -0.2) is 0 Å². The molecular weight excluding hydrogens is 214 g/mol.